The molecule has 0 aliphatic heterocycles. The summed E-state index contributed by atoms with van der Waals surface area (Å²) in [6.07, 6.45) is 36.9. The lowest BCUT2D eigenvalue weighted by atomic mass is 9.96. The van der Waals surface area contributed by atoms with E-state index >= 15 is 0 Å². The van der Waals surface area contributed by atoms with Gasteiger partial charge in [-0.05, 0) is 42.9 Å². The smallest absolute Gasteiger partial charge is 0.0146 e. The third-order valence-electron chi connectivity index (χ3n) is 7.62. The first kappa shape index (κ1) is 31.3. The van der Waals surface area contributed by atoms with E-state index < -0.39 is 0 Å². The van der Waals surface area contributed by atoms with E-state index in [-0.39, 0.29) is 0 Å². The highest BCUT2D eigenvalue weighted by atomic mass is 14.1. The Morgan fingerprint density at radius 1 is 0.441 bits per heavy atom. The summed E-state index contributed by atoms with van der Waals surface area (Å²) in [7, 11) is 0. The number of unbranched alkanes of at least 4 members (excludes halogenated alkanes) is 22. The van der Waals surface area contributed by atoms with Crippen molar-refractivity contribution in [1.29, 1.82) is 0 Å². The first-order valence-corrected chi connectivity index (χ1v) is 15.9. The molecule has 0 aliphatic rings. The second-order valence-corrected chi connectivity index (χ2v) is 11.0. The summed E-state index contributed by atoms with van der Waals surface area (Å²) in [5.41, 5.74) is 3.09. The van der Waals surface area contributed by atoms with Gasteiger partial charge in [0.05, 0.1) is 0 Å². The lowest BCUT2D eigenvalue weighted by Crippen LogP contribution is -1.96. The van der Waals surface area contributed by atoms with Gasteiger partial charge in [0, 0.05) is 0 Å². The predicted molar refractivity (Wildman–Crippen MR) is 155 cm³/mol. The molecule has 0 unspecified atom stereocenters. The number of benzene rings is 1. The van der Waals surface area contributed by atoms with Gasteiger partial charge in [-0.25, -0.2) is 0 Å². The predicted octanol–water partition coefficient (Wildman–Crippen LogP) is 12.0. The number of rotatable bonds is 26. The molecular weight excluding hydrogens is 408 g/mol. The summed E-state index contributed by atoms with van der Waals surface area (Å²) in [5, 5.41) is 0. The summed E-state index contributed by atoms with van der Waals surface area (Å²) < 4.78 is 0. The number of aryl methyl sites for hydroxylation is 2. The van der Waals surface area contributed by atoms with Gasteiger partial charge in [-0.15, -0.1) is 0 Å². The Balaban J connectivity index is 1.96. The fourth-order valence-electron chi connectivity index (χ4n) is 5.27. The minimum atomic E-state index is 1.24. The van der Waals surface area contributed by atoms with Gasteiger partial charge < -0.3 is 0 Å². The second-order valence-electron chi connectivity index (χ2n) is 11.0. The van der Waals surface area contributed by atoms with Gasteiger partial charge >= 0.3 is 0 Å². The van der Waals surface area contributed by atoms with Crippen molar-refractivity contribution >= 4 is 0 Å². The van der Waals surface area contributed by atoms with Crippen molar-refractivity contribution in [3.8, 4) is 0 Å². The van der Waals surface area contributed by atoms with Crippen molar-refractivity contribution in [2.24, 2.45) is 0 Å². The molecule has 0 heteroatoms. The van der Waals surface area contributed by atoms with Crippen LogP contribution in [-0.4, -0.2) is 0 Å². The summed E-state index contributed by atoms with van der Waals surface area (Å²) in [6.45, 7) is 4.60. The van der Waals surface area contributed by atoms with E-state index in [9.17, 15) is 0 Å². The molecule has 0 N–H and O–H groups in total. The Morgan fingerprint density at radius 2 is 0.794 bits per heavy atom. The molecule has 0 nitrogen and oxygen atoms in total. The minimum absolute atomic E-state index is 1.24. The highest BCUT2D eigenvalue weighted by Gasteiger charge is 2.03. The molecule has 0 fully saturated rings. The zero-order chi connectivity index (χ0) is 24.4. The fraction of sp³-hybridized carbons (Fsp3) is 0.824. The summed E-state index contributed by atoms with van der Waals surface area (Å²) in [6, 6.07) is 10.3. The highest BCUT2D eigenvalue weighted by molar-refractivity contribution is 5.26. The Hall–Kier alpha value is -0.780. The van der Waals surface area contributed by atoms with Gasteiger partial charge in [0.15, 0.2) is 0 Å². The first-order chi connectivity index (χ1) is 16.9. The van der Waals surface area contributed by atoms with Crippen LogP contribution in [0.2, 0.25) is 0 Å². The molecule has 0 amide bonds. The molecule has 1 rings (SSSR count). The zero-order valence-corrected chi connectivity index (χ0v) is 23.6. The molecule has 0 spiro atoms. The lowest BCUT2D eigenvalue weighted by molar-refractivity contribution is 0.542. The van der Waals surface area contributed by atoms with Gasteiger partial charge in [-0.1, -0.05) is 173 Å². The molecule has 0 saturated heterocycles. The maximum atomic E-state index is 3.57. The van der Waals surface area contributed by atoms with E-state index in [0.29, 0.717) is 0 Å². The number of hydrogen-bond donors (Lipinski definition) is 0. The molecule has 0 atom stereocenters. The molecule has 34 heavy (non-hydrogen) atoms. The van der Waals surface area contributed by atoms with Crippen LogP contribution in [-0.2, 0) is 12.8 Å². The van der Waals surface area contributed by atoms with Crippen LogP contribution in [0.1, 0.15) is 179 Å². The third kappa shape index (κ3) is 19.5. The molecule has 0 saturated carbocycles. The van der Waals surface area contributed by atoms with Gasteiger partial charge in [0.25, 0.3) is 0 Å². The lowest BCUT2D eigenvalue weighted by Gasteiger charge is -2.09. The van der Waals surface area contributed by atoms with Crippen LogP contribution in [0.3, 0.4) is 0 Å². The van der Waals surface area contributed by atoms with Crippen molar-refractivity contribution in [1.82, 2.24) is 0 Å². The van der Waals surface area contributed by atoms with E-state index in [4.69, 9.17) is 0 Å². The SMILES string of the molecule is CCCCCCCCCCCCCCc1[c]cccc1CCCCCCCCCCCCCC. The standard InChI is InChI=1S/C34H61/c1-3-5-7-9-11-13-15-17-19-21-23-25-29-33-31-27-28-32-34(33)30-26-24-22-20-18-16-14-12-10-8-6-4-2/h27-28,31H,3-26,29-30H2,1-2H3. The summed E-state index contributed by atoms with van der Waals surface area (Å²) >= 11 is 0. The largest absolute Gasteiger partial charge is 0.0654 e. The van der Waals surface area contributed by atoms with Crippen molar-refractivity contribution in [3.63, 3.8) is 0 Å². The molecule has 0 bridgehead atoms. The highest BCUT2D eigenvalue weighted by Crippen LogP contribution is 2.18. The van der Waals surface area contributed by atoms with Gasteiger partial charge in [0.1, 0.15) is 0 Å². The first-order valence-electron chi connectivity index (χ1n) is 15.9. The van der Waals surface area contributed by atoms with Gasteiger partial charge in [-0.3, -0.25) is 0 Å². The number of hydrogen-bond acceptors (Lipinski definition) is 0. The van der Waals surface area contributed by atoms with Crippen LogP contribution in [0, 0.1) is 6.07 Å². The van der Waals surface area contributed by atoms with E-state index in [0.717, 1.165) is 0 Å². The van der Waals surface area contributed by atoms with Crippen molar-refractivity contribution in [3.05, 3.63) is 35.4 Å². The van der Waals surface area contributed by atoms with Crippen molar-refractivity contribution in [2.45, 2.75) is 181 Å². The van der Waals surface area contributed by atoms with Crippen LogP contribution in [0.5, 0.6) is 0 Å². The molecule has 1 aromatic carbocycles. The maximum absolute atomic E-state index is 3.57. The van der Waals surface area contributed by atoms with Crippen LogP contribution in [0.4, 0.5) is 0 Å². The van der Waals surface area contributed by atoms with Gasteiger partial charge in [-0.2, -0.15) is 0 Å². The second kappa shape index (κ2) is 25.3. The van der Waals surface area contributed by atoms with Crippen LogP contribution in [0.25, 0.3) is 0 Å². The van der Waals surface area contributed by atoms with Crippen molar-refractivity contribution in [2.75, 3.05) is 0 Å². The van der Waals surface area contributed by atoms with E-state index in [1.54, 1.807) is 5.56 Å². The van der Waals surface area contributed by atoms with E-state index in [1.165, 1.54) is 173 Å². The normalized spacial score (nSPS) is 11.4. The molecule has 0 aliphatic carbocycles. The Bertz CT molecular complexity index is 470. The Kier molecular flexibility index (Phi) is 23.3. The summed E-state index contributed by atoms with van der Waals surface area (Å²) in [5.74, 6) is 0. The molecule has 0 heterocycles. The molecular formula is C34H61. The Morgan fingerprint density at radius 3 is 1.21 bits per heavy atom. The molecule has 197 valence electrons. The summed E-state index contributed by atoms with van der Waals surface area (Å²) in [4.78, 5) is 0. The van der Waals surface area contributed by atoms with Crippen LogP contribution in [0.15, 0.2) is 18.2 Å². The molecule has 1 radical (unpaired) electrons. The average molecular weight is 470 g/mol. The molecule has 0 aromatic heterocycles. The quantitative estimate of drug-likeness (QED) is 0.118. The third-order valence-corrected chi connectivity index (χ3v) is 7.62. The van der Waals surface area contributed by atoms with Crippen LogP contribution < -0.4 is 0 Å². The van der Waals surface area contributed by atoms with E-state index in [2.05, 4.69) is 38.1 Å². The average Bonchev–Trinajstić information content (AvgIpc) is 2.86. The zero-order valence-electron chi connectivity index (χ0n) is 23.6. The van der Waals surface area contributed by atoms with Gasteiger partial charge in [0.2, 0.25) is 0 Å². The molecule has 1 aromatic rings. The van der Waals surface area contributed by atoms with E-state index in [1.807, 2.05) is 0 Å². The topological polar surface area (TPSA) is 0 Å². The minimum Gasteiger partial charge on any atom is -0.0654 e. The van der Waals surface area contributed by atoms with Crippen molar-refractivity contribution < 1.29 is 0 Å². The van der Waals surface area contributed by atoms with Crippen LogP contribution >= 0.6 is 0 Å². The Labute approximate surface area is 216 Å². The maximum Gasteiger partial charge on any atom is -0.0146 e. The monoisotopic (exact) mass is 469 g/mol. The fourth-order valence-corrected chi connectivity index (χ4v) is 5.27.